The van der Waals surface area contributed by atoms with Crippen LogP contribution in [0.5, 0.6) is 0 Å². The highest BCUT2D eigenvalue weighted by molar-refractivity contribution is 5.85. The maximum atomic E-state index is 5.47. The molecule has 0 radical (unpaired) electrons. The SMILES string of the molecule is NCCCCCCNc1ccc2ccccc2c1. The van der Waals surface area contributed by atoms with E-state index in [1.165, 1.54) is 35.7 Å². The molecule has 2 nitrogen and oxygen atoms in total. The zero-order chi connectivity index (χ0) is 12.6. The van der Waals surface area contributed by atoms with Crippen molar-refractivity contribution in [1.29, 1.82) is 0 Å². The van der Waals surface area contributed by atoms with Gasteiger partial charge < -0.3 is 11.1 Å². The van der Waals surface area contributed by atoms with Crippen LogP contribution in [0.3, 0.4) is 0 Å². The van der Waals surface area contributed by atoms with Crippen molar-refractivity contribution in [2.45, 2.75) is 25.7 Å². The second kappa shape index (κ2) is 7.02. The lowest BCUT2D eigenvalue weighted by Crippen LogP contribution is -2.02. The van der Waals surface area contributed by atoms with Gasteiger partial charge in [-0.15, -0.1) is 0 Å². The quantitative estimate of drug-likeness (QED) is 0.725. The molecule has 0 fully saturated rings. The van der Waals surface area contributed by atoms with E-state index < -0.39 is 0 Å². The zero-order valence-electron chi connectivity index (χ0n) is 10.9. The first-order valence-corrected chi connectivity index (χ1v) is 6.83. The number of unbranched alkanes of at least 4 members (excludes halogenated alkanes) is 3. The Balaban J connectivity index is 1.81. The van der Waals surface area contributed by atoms with Crippen molar-refractivity contribution in [2.75, 3.05) is 18.4 Å². The second-order valence-electron chi connectivity index (χ2n) is 4.69. The number of rotatable bonds is 7. The molecular weight excluding hydrogens is 220 g/mol. The van der Waals surface area contributed by atoms with Crippen molar-refractivity contribution in [3.63, 3.8) is 0 Å². The summed E-state index contributed by atoms with van der Waals surface area (Å²) in [7, 11) is 0. The molecule has 0 aromatic heterocycles. The molecule has 0 aliphatic heterocycles. The second-order valence-corrected chi connectivity index (χ2v) is 4.69. The van der Waals surface area contributed by atoms with E-state index in [2.05, 4.69) is 47.8 Å². The summed E-state index contributed by atoms with van der Waals surface area (Å²) in [6.45, 7) is 1.86. The highest BCUT2D eigenvalue weighted by Gasteiger charge is 1.95. The summed E-state index contributed by atoms with van der Waals surface area (Å²) in [4.78, 5) is 0. The Morgan fingerprint density at radius 3 is 2.44 bits per heavy atom. The Hall–Kier alpha value is -1.54. The monoisotopic (exact) mass is 242 g/mol. The van der Waals surface area contributed by atoms with E-state index in [0.717, 1.165) is 19.5 Å². The Morgan fingerprint density at radius 1 is 0.833 bits per heavy atom. The third-order valence-electron chi connectivity index (χ3n) is 3.21. The van der Waals surface area contributed by atoms with Crippen molar-refractivity contribution in [1.82, 2.24) is 0 Å². The van der Waals surface area contributed by atoms with Crippen LogP contribution in [0.4, 0.5) is 5.69 Å². The van der Waals surface area contributed by atoms with Gasteiger partial charge in [-0.05, 0) is 42.3 Å². The number of anilines is 1. The first kappa shape index (κ1) is 12.9. The Labute approximate surface area is 109 Å². The summed E-state index contributed by atoms with van der Waals surface area (Å²) in [6.07, 6.45) is 4.87. The average Bonchev–Trinajstić information content (AvgIpc) is 2.42. The fourth-order valence-corrected chi connectivity index (χ4v) is 2.15. The Morgan fingerprint density at radius 2 is 1.61 bits per heavy atom. The predicted molar refractivity (Wildman–Crippen MR) is 80.0 cm³/mol. The average molecular weight is 242 g/mol. The van der Waals surface area contributed by atoms with Gasteiger partial charge in [0.15, 0.2) is 0 Å². The largest absolute Gasteiger partial charge is 0.385 e. The topological polar surface area (TPSA) is 38.0 Å². The van der Waals surface area contributed by atoms with Gasteiger partial charge in [0, 0.05) is 12.2 Å². The molecule has 0 unspecified atom stereocenters. The van der Waals surface area contributed by atoms with E-state index in [1.54, 1.807) is 0 Å². The Bertz CT molecular complexity index is 479. The third-order valence-corrected chi connectivity index (χ3v) is 3.21. The molecule has 0 saturated carbocycles. The molecule has 0 spiro atoms. The van der Waals surface area contributed by atoms with Gasteiger partial charge in [0.1, 0.15) is 0 Å². The number of hydrogen-bond acceptors (Lipinski definition) is 2. The van der Waals surface area contributed by atoms with Crippen LogP contribution in [-0.2, 0) is 0 Å². The summed E-state index contributed by atoms with van der Waals surface area (Å²) < 4.78 is 0. The van der Waals surface area contributed by atoms with Crippen LogP contribution < -0.4 is 11.1 Å². The van der Waals surface area contributed by atoms with Crippen LogP contribution in [0.2, 0.25) is 0 Å². The van der Waals surface area contributed by atoms with Crippen molar-refractivity contribution in [3.8, 4) is 0 Å². The van der Waals surface area contributed by atoms with Crippen LogP contribution >= 0.6 is 0 Å². The number of hydrogen-bond donors (Lipinski definition) is 2. The standard InChI is InChI=1S/C16H22N2/c17-11-5-1-2-6-12-18-16-10-9-14-7-3-4-8-15(14)13-16/h3-4,7-10,13,18H,1-2,5-6,11-12,17H2. The lowest BCUT2D eigenvalue weighted by atomic mass is 10.1. The van der Waals surface area contributed by atoms with Crippen LogP contribution in [0.15, 0.2) is 42.5 Å². The molecule has 96 valence electrons. The highest BCUT2D eigenvalue weighted by atomic mass is 14.9. The van der Waals surface area contributed by atoms with Crippen LogP contribution in [0.25, 0.3) is 10.8 Å². The van der Waals surface area contributed by atoms with Crippen LogP contribution in [0.1, 0.15) is 25.7 Å². The van der Waals surface area contributed by atoms with Gasteiger partial charge in [-0.1, -0.05) is 43.2 Å². The van der Waals surface area contributed by atoms with E-state index in [1.807, 2.05) is 0 Å². The lowest BCUT2D eigenvalue weighted by Gasteiger charge is -2.07. The van der Waals surface area contributed by atoms with Crippen LogP contribution in [0, 0.1) is 0 Å². The summed E-state index contributed by atoms with van der Waals surface area (Å²) >= 11 is 0. The van der Waals surface area contributed by atoms with Crippen molar-refractivity contribution in [3.05, 3.63) is 42.5 Å². The molecule has 18 heavy (non-hydrogen) atoms. The van der Waals surface area contributed by atoms with E-state index in [9.17, 15) is 0 Å². The molecule has 0 saturated heterocycles. The number of nitrogens with two attached hydrogens (primary N) is 1. The van der Waals surface area contributed by atoms with Gasteiger partial charge in [0.2, 0.25) is 0 Å². The zero-order valence-corrected chi connectivity index (χ0v) is 10.9. The first-order valence-electron chi connectivity index (χ1n) is 6.83. The molecular formula is C16H22N2. The molecule has 0 amide bonds. The molecule has 2 aromatic carbocycles. The predicted octanol–water partition coefficient (Wildman–Crippen LogP) is 3.77. The van der Waals surface area contributed by atoms with E-state index in [-0.39, 0.29) is 0 Å². The Kier molecular flexibility index (Phi) is 5.03. The van der Waals surface area contributed by atoms with Gasteiger partial charge in [-0.25, -0.2) is 0 Å². The van der Waals surface area contributed by atoms with E-state index in [0.29, 0.717) is 0 Å². The summed E-state index contributed by atoms with van der Waals surface area (Å²) in [5.41, 5.74) is 6.69. The number of benzene rings is 2. The van der Waals surface area contributed by atoms with Gasteiger partial charge in [0.05, 0.1) is 0 Å². The first-order chi connectivity index (χ1) is 8.90. The normalized spacial score (nSPS) is 10.7. The lowest BCUT2D eigenvalue weighted by molar-refractivity contribution is 0.661. The van der Waals surface area contributed by atoms with Gasteiger partial charge in [0.25, 0.3) is 0 Å². The minimum Gasteiger partial charge on any atom is -0.385 e. The molecule has 2 heteroatoms. The summed E-state index contributed by atoms with van der Waals surface area (Å²) in [6, 6.07) is 15.0. The van der Waals surface area contributed by atoms with Crippen LogP contribution in [-0.4, -0.2) is 13.1 Å². The minimum atomic E-state index is 0.818. The number of nitrogens with one attached hydrogen (secondary N) is 1. The molecule has 3 N–H and O–H groups in total. The molecule has 0 bridgehead atoms. The number of fused-ring (bicyclic) bond motifs is 1. The van der Waals surface area contributed by atoms with Crippen molar-refractivity contribution in [2.24, 2.45) is 5.73 Å². The molecule has 0 heterocycles. The third kappa shape index (κ3) is 3.74. The molecule has 2 rings (SSSR count). The summed E-state index contributed by atoms with van der Waals surface area (Å²) in [5, 5.41) is 6.08. The highest BCUT2D eigenvalue weighted by Crippen LogP contribution is 2.18. The smallest absolute Gasteiger partial charge is 0.0346 e. The fourth-order valence-electron chi connectivity index (χ4n) is 2.15. The maximum Gasteiger partial charge on any atom is 0.0346 e. The van der Waals surface area contributed by atoms with Gasteiger partial charge in [-0.3, -0.25) is 0 Å². The molecule has 0 aliphatic rings. The minimum absolute atomic E-state index is 0.818. The van der Waals surface area contributed by atoms with Crippen molar-refractivity contribution >= 4 is 16.5 Å². The molecule has 0 atom stereocenters. The van der Waals surface area contributed by atoms with E-state index >= 15 is 0 Å². The molecule has 0 aliphatic carbocycles. The molecule has 2 aromatic rings. The summed E-state index contributed by atoms with van der Waals surface area (Å²) in [5.74, 6) is 0. The fraction of sp³-hybridized carbons (Fsp3) is 0.375. The van der Waals surface area contributed by atoms with E-state index in [4.69, 9.17) is 5.73 Å². The van der Waals surface area contributed by atoms with Gasteiger partial charge in [-0.2, -0.15) is 0 Å². The van der Waals surface area contributed by atoms with Gasteiger partial charge >= 0.3 is 0 Å². The van der Waals surface area contributed by atoms with Crippen molar-refractivity contribution < 1.29 is 0 Å². The maximum absolute atomic E-state index is 5.47.